The molecule has 0 aliphatic carbocycles. The van der Waals surface area contributed by atoms with E-state index >= 15 is 0 Å². The number of benzene rings is 2. The minimum atomic E-state index is 0.231. The highest BCUT2D eigenvalue weighted by atomic mass is 35.5. The number of rotatable bonds is 5. The molecule has 1 unspecified atom stereocenters. The van der Waals surface area contributed by atoms with Gasteiger partial charge in [-0.2, -0.15) is 0 Å². The minimum Gasteiger partial charge on any atom is -0.497 e. The third-order valence-corrected chi connectivity index (χ3v) is 3.68. The van der Waals surface area contributed by atoms with Gasteiger partial charge < -0.3 is 10.1 Å². The van der Waals surface area contributed by atoms with Gasteiger partial charge in [0.1, 0.15) is 5.75 Å². The summed E-state index contributed by atoms with van der Waals surface area (Å²) in [6.45, 7) is 4.29. The fourth-order valence-corrected chi connectivity index (χ4v) is 2.45. The molecule has 2 atom stereocenters. The standard InChI is InChI=1S/C17H20ClNO/c1-12(14-6-4-8-16(18)10-14)19-13(2)15-7-5-9-17(11-15)20-3/h4-13,19H,1-3H3/t12?,13-/m1/s1. The molecular weight excluding hydrogens is 270 g/mol. The van der Waals surface area contributed by atoms with Crippen molar-refractivity contribution in [1.29, 1.82) is 0 Å². The molecule has 0 aliphatic heterocycles. The summed E-state index contributed by atoms with van der Waals surface area (Å²) in [5.74, 6) is 0.881. The van der Waals surface area contributed by atoms with Crippen molar-refractivity contribution in [3.05, 3.63) is 64.7 Å². The van der Waals surface area contributed by atoms with E-state index < -0.39 is 0 Å². The molecule has 0 heterocycles. The van der Waals surface area contributed by atoms with E-state index in [-0.39, 0.29) is 12.1 Å². The molecule has 20 heavy (non-hydrogen) atoms. The van der Waals surface area contributed by atoms with Crippen LogP contribution in [0.4, 0.5) is 0 Å². The van der Waals surface area contributed by atoms with Crippen molar-refractivity contribution in [2.75, 3.05) is 7.11 Å². The zero-order valence-corrected chi connectivity index (χ0v) is 12.8. The maximum Gasteiger partial charge on any atom is 0.119 e. The Bertz CT molecular complexity index is 570. The van der Waals surface area contributed by atoms with Crippen LogP contribution < -0.4 is 10.1 Å². The second-order valence-electron chi connectivity index (χ2n) is 4.94. The molecule has 2 rings (SSSR count). The Kier molecular flexibility index (Phi) is 5.05. The van der Waals surface area contributed by atoms with Crippen molar-refractivity contribution in [3.8, 4) is 5.75 Å². The van der Waals surface area contributed by atoms with Crippen LogP contribution in [-0.4, -0.2) is 7.11 Å². The SMILES string of the molecule is COc1cccc([C@@H](C)NC(C)c2cccc(Cl)c2)c1. The highest BCUT2D eigenvalue weighted by Crippen LogP contribution is 2.23. The van der Waals surface area contributed by atoms with Gasteiger partial charge >= 0.3 is 0 Å². The molecule has 0 aliphatic rings. The summed E-state index contributed by atoms with van der Waals surface area (Å²) in [4.78, 5) is 0. The maximum absolute atomic E-state index is 6.04. The third kappa shape index (κ3) is 3.75. The fraction of sp³-hybridized carbons (Fsp3) is 0.294. The zero-order valence-electron chi connectivity index (χ0n) is 12.1. The van der Waals surface area contributed by atoms with Gasteiger partial charge in [0.05, 0.1) is 7.11 Å². The molecule has 106 valence electrons. The minimum absolute atomic E-state index is 0.231. The van der Waals surface area contributed by atoms with Gasteiger partial charge in [0.15, 0.2) is 0 Å². The molecule has 0 spiro atoms. The van der Waals surface area contributed by atoms with Crippen molar-refractivity contribution in [3.63, 3.8) is 0 Å². The first kappa shape index (κ1) is 14.9. The van der Waals surface area contributed by atoms with E-state index in [4.69, 9.17) is 16.3 Å². The quantitative estimate of drug-likeness (QED) is 0.857. The van der Waals surface area contributed by atoms with Crippen LogP contribution in [0.2, 0.25) is 5.02 Å². The Balaban J connectivity index is 2.08. The Hall–Kier alpha value is -1.51. The summed E-state index contributed by atoms with van der Waals surface area (Å²) in [7, 11) is 1.69. The van der Waals surface area contributed by atoms with Crippen LogP contribution in [0, 0.1) is 0 Å². The molecule has 0 bridgehead atoms. The predicted molar refractivity (Wildman–Crippen MR) is 84.4 cm³/mol. The monoisotopic (exact) mass is 289 g/mol. The molecule has 3 heteroatoms. The molecule has 0 saturated carbocycles. The van der Waals surface area contributed by atoms with E-state index in [1.165, 1.54) is 11.1 Å². The van der Waals surface area contributed by atoms with Crippen molar-refractivity contribution in [1.82, 2.24) is 5.32 Å². The van der Waals surface area contributed by atoms with E-state index in [9.17, 15) is 0 Å². The molecule has 2 nitrogen and oxygen atoms in total. The van der Waals surface area contributed by atoms with E-state index in [1.54, 1.807) is 7.11 Å². The van der Waals surface area contributed by atoms with Crippen molar-refractivity contribution in [2.45, 2.75) is 25.9 Å². The summed E-state index contributed by atoms with van der Waals surface area (Å²) >= 11 is 6.04. The number of hydrogen-bond acceptors (Lipinski definition) is 2. The second kappa shape index (κ2) is 6.78. The number of nitrogens with one attached hydrogen (secondary N) is 1. The number of methoxy groups -OCH3 is 1. The average molecular weight is 290 g/mol. The zero-order chi connectivity index (χ0) is 14.5. The first-order valence-electron chi connectivity index (χ1n) is 6.75. The molecule has 2 aromatic rings. The van der Waals surface area contributed by atoms with Gasteiger partial charge in [0, 0.05) is 17.1 Å². The topological polar surface area (TPSA) is 21.3 Å². The van der Waals surface area contributed by atoms with Crippen LogP contribution in [0.25, 0.3) is 0 Å². The molecule has 0 saturated heterocycles. The van der Waals surface area contributed by atoms with Crippen LogP contribution in [0.15, 0.2) is 48.5 Å². The number of ether oxygens (including phenoxy) is 1. The van der Waals surface area contributed by atoms with E-state index in [0.717, 1.165) is 10.8 Å². The fourth-order valence-electron chi connectivity index (χ4n) is 2.25. The third-order valence-electron chi connectivity index (χ3n) is 3.44. The van der Waals surface area contributed by atoms with E-state index in [0.29, 0.717) is 0 Å². The number of halogens is 1. The van der Waals surface area contributed by atoms with Crippen LogP contribution in [-0.2, 0) is 0 Å². The lowest BCUT2D eigenvalue weighted by Gasteiger charge is -2.21. The van der Waals surface area contributed by atoms with Gasteiger partial charge in [-0.15, -0.1) is 0 Å². The van der Waals surface area contributed by atoms with Gasteiger partial charge in [-0.25, -0.2) is 0 Å². The van der Waals surface area contributed by atoms with Gasteiger partial charge in [-0.1, -0.05) is 35.9 Å². The van der Waals surface area contributed by atoms with Crippen LogP contribution >= 0.6 is 11.6 Å². The molecule has 1 N–H and O–H groups in total. The normalized spacial score (nSPS) is 13.8. The molecule has 2 aromatic carbocycles. The number of hydrogen-bond donors (Lipinski definition) is 1. The lowest BCUT2D eigenvalue weighted by molar-refractivity contribution is 0.412. The Morgan fingerprint density at radius 2 is 1.55 bits per heavy atom. The van der Waals surface area contributed by atoms with Crippen molar-refractivity contribution in [2.24, 2.45) is 0 Å². The first-order chi connectivity index (χ1) is 9.60. The Morgan fingerprint density at radius 1 is 0.950 bits per heavy atom. The molecular formula is C17H20ClNO. The first-order valence-corrected chi connectivity index (χ1v) is 7.13. The average Bonchev–Trinajstić information content (AvgIpc) is 2.47. The summed E-state index contributed by atoms with van der Waals surface area (Å²) in [6.07, 6.45) is 0. The predicted octanol–water partition coefficient (Wildman–Crippen LogP) is 4.76. The lowest BCUT2D eigenvalue weighted by Crippen LogP contribution is -2.22. The Morgan fingerprint density at radius 3 is 2.15 bits per heavy atom. The molecule has 0 radical (unpaired) electrons. The van der Waals surface area contributed by atoms with Gasteiger partial charge in [0.2, 0.25) is 0 Å². The van der Waals surface area contributed by atoms with Crippen LogP contribution in [0.5, 0.6) is 5.75 Å². The largest absolute Gasteiger partial charge is 0.497 e. The Labute approximate surface area is 125 Å². The van der Waals surface area contributed by atoms with Gasteiger partial charge in [0.25, 0.3) is 0 Å². The van der Waals surface area contributed by atoms with Crippen LogP contribution in [0.3, 0.4) is 0 Å². The second-order valence-corrected chi connectivity index (χ2v) is 5.38. The smallest absolute Gasteiger partial charge is 0.119 e. The van der Waals surface area contributed by atoms with E-state index in [2.05, 4.69) is 37.4 Å². The summed E-state index contributed by atoms with van der Waals surface area (Å²) in [5, 5.41) is 4.35. The summed E-state index contributed by atoms with van der Waals surface area (Å²) in [6, 6.07) is 16.5. The summed E-state index contributed by atoms with van der Waals surface area (Å²) in [5.41, 5.74) is 2.39. The molecule has 0 aromatic heterocycles. The van der Waals surface area contributed by atoms with Gasteiger partial charge in [-0.3, -0.25) is 0 Å². The van der Waals surface area contributed by atoms with Crippen molar-refractivity contribution < 1.29 is 4.74 Å². The highest BCUT2D eigenvalue weighted by Gasteiger charge is 2.11. The maximum atomic E-state index is 6.04. The molecule has 0 amide bonds. The van der Waals surface area contributed by atoms with Crippen LogP contribution in [0.1, 0.15) is 37.1 Å². The van der Waals surface area contributed by atoms with Gasteiger partial charge in [-0.05, 0) is 49.2 Å². The van der Waals surface area contributed by atoms with E-state index in [1.807, 2.05) is 30.3 Å². The lowest BCUT2D eigenvalue weighted by atomic mass is 10.0. The summed E-state index contributed by atoms with van der Waals surface area (Å²) < 4.78 is 5.27. The highest BCUT2D eigenvalue weighted by molar-refractivity contribution is 6.30. The molecule has 0 fully saturated rings. The van der Waals surface area contributed by atoms with Crippen molar-refractivity contribution >= 4 is 11.6 Å².